The highest BCUT2D eigenvalue weighted by atomic mass is 79.9. The number of hydrogen-bond donors (Lipinski definition) is 2. The molecule has 6 heteroatoms. The van der Waals surface area contributed by atoms with Gasteiger partial charge in [-0.15, -0.1) is 5.10 Å². The quantitative estimate of drug-likeness (QED) is 0.879. The third kappa shape index (κ3) is 2.60. The first-order valence-electron chi connectivity index (χ1n) is 5.67. The van der Waals surface area contributed by atoms with Crippen LogP contribution in [0.4, 0.5) is 0 Å². The number of aliphatic hydroxyl groups is 2. The Bertz CT molecular complexity index is 528. The van der Waals surface area contributed by atoms with Crippen molar-refractivity contribution >= 4 is 15.9 Å². The van der Waals surface area contributed by atoms with Crippen molar-refractivity contribution in [1.29, 1.82) is 0 Å². The van der Waals surface area contributed by atoms with Gasteiger partial charge in [0.15, 0.2) is 0 Å². The van der Waals surface area contributed by atoms with Crippen molar-refractivity contribution in [3.8, 4) is 11.3 Å². The lowest BCUT2D eigenvalue weighted by atomic mass is 10.1. The van der Waals surface area contributed by atoms with Gasteiger partial charge in [0.2, 0.25) is 0 Å². The molecule has 0 saturated heterocycles. The molecule has 5 nitrogen and oxygen atoms in total. The Labute approximate surface area is 113 Å². The molecule has 96 valence electrons. The number of halogens is 1. The number of nitrogens with zero attached hydrogens (tertiary/aromatic N) is 3. The zero-order valence-electron chi connectivity index (χ0n) is 9.75. The normalized spacial score (nSPS) is 10.8. The predicted molar refractivity (Wildman–Crippen MR) is 70.8 cm³/mol. The van der Waals surface area contributed by atoms with Gasteiger partial charge >= 0.3 is 0 Å². The molecule has 0 atom stereocenters. The van der Waals surface area contributed by atoms with E-state index >= 15 is 0 Å². The van der Waals surface area contributed by atoms with Gasteiger partial charge in [0, 0.05) is 23.2 Å². The van der Waals surface area contributed by atoms with Crippen molar-refractivity contribution < 1.29 is 10.2 Å². The monoisotopic (exact) mass is 311 g/mol. The maximum atomic E-state index is 9.33. The average molecular weight is 312 g/mol. The van der Waals surface area contributed by atoms with E-state index in [2.05, 4.69) is 26.2 Å². The Morgan fingerprint density at radius 1 is 1.22 bits per heavy atom. The molecule has 0 aliphatic rings. The van der Waals surface area contributed by atoms with E-state index in [1.807, 2.05) is 24.3 Å². The van der Waals surface area contributed by atoms with Crippen molar-refractivity contribution in [2.45, 2.75) is 19.6 Å². The third-order valence-electron chi connectivity index (χ3n) is 2.61. The fraction of sp³-hybridized carbons (Fsp3) is 0.333. The summed E-state index contributed by atoms with van der Waals surface area (Å²) in [7, 11) is 0. The van der Waals surface area contributed by atoms with Gasteiger partial charge in [-0.05, 0) is 12.5 Å². The Morgan fingerprint density at radius 3 is 2.67 bits per heavy atom. The maximum absolute atomic E-state index is 9.33. The molecule has 0 bridgehead atoms. The molecular weight excluding hydrogens is 298 g/mol. The minimum atomic E-state index is -0.157. The molecule has 18 heavy (non-hydrogen) atoms. The van der Waals surface area contributed by atoms with E-state index in [-0.39, 0.29) is 13.2 Å². The summed E-state index contributed by atoms with van der Waals surface area (Å²) in [6.45, 7) is 0.514. The first-order chi connectivity index (χ1) is 8.77. The summed E-state index contributed by atoms with van der Waals surface area (Å²) in [4.78, 5) is 0. The van der Waals surface area contributed by atoms with Gasteiger partial charge < -0.3 is 10.2 Å². The fourth-order valence-corrected chi connectivity index (χ4v) is 2.25. The SMILES string of the molecule is OCCCn1nnc(CO)c1-c1ccccc1Br. The molecular formula is C12H14BrN3O2. The van der Waals surface area contributed by atoms with E-state index in [4.69, 9.17) is 5.11 Å². The topological polar surface area (TPSA) is 71.2 Å². The first kappa shape index (κ1) is 13.2. The lowest BCUT2D eigenvalue weighted by Crippen LogP contribution is -2.05. The third-order valence-corrected chi connectivity index (χ3v) is 3.30. The second-order valence-corrected chi connectivity index (χ2v) is 4.68. The van der Waals surface area contributed by atoms with E-state index in [1.54, 1.807) is 4.68 Å². The largest absolute Gasteiger partial charge is 0.396 e. The fourth-order valence-electron chi connectivity index (χ4n) is 1.78. The van der Waals surface area contributed by atoms with Gasteiger partial charge in [-0.3, -0.25) is 0 Å². The minimum Gasteiger partial charge on any atom is -0.396 e. The van der Waals surface area contributed by atoms with Crippen LogP contribution in [-0.4, -0.2) is 31.8 Å². The number of rotatable bonds is 5. The van der Waals surface area contributed by atoms with E-state index in [9.17, 15) is 5.11 Å². The van der Waals surface area contributed by atoms with E-state index < -0.39 is 0 Å². The predicted octanol–water partition coefficient (Wildman–Crippen LogP) is 1.58. The summed E-state index contributed by atoms with van der Waals surface area (Å²) < 4.78 is 2.63. The highest BCUT2D eigenvalue weighted by Crippen LogP contribution is 2.29. The molecule has 0 aliphatic heterocycles. The molecule has 0 saturated carbocycles. The van der Waals surface area contributed by atoms with Gasteiger partial charge in [-0.25, -0.2) is 4.68 Å². The smallest absolute Gasteiger partial charge is 0.116 e. The number of aryl methyl sites for hydroxylation is 1. The molecule has 2 aromatic rings. The van der Waals surface area contributed by atoms with E-state index in [0.717, 1.165) is 15.7 Å². The highest BCUT2D eigenvalue weighted by Gasteiger charge is 2.15. The van der Waals surface area contributed by atoms with Gasteiger partial charge in [-0.1, -0.05) is 39.3 Å². The first-order valence-corrected chi connectivity index (χ1v) is 6.46. The van der Waals surface area contributed by atoms with Crippen LogP contribution in [0.25, 0.3) is 11.3 Å². The Morgan fingerprint density at radius 2 is 2.00 bits per heavy atom. The summed E-state index contributed by atoms with van der Waals surface area (Å²) in [5.41, 5.74) is 2.27. The van der Waals surface area contributed by atoms with Crippen LogP contribution in [0.15, 0.2) is 28.7 Å². The lowest BCUT2D eigenvalue weighted by molar-refractivity contribution is 0.276. The molecule has 2 N–H and O–H groups in total. The molecule has 1 aromatic carbocycles. The molecule has 2 rings (SSSR count). The molecule has 1 heterocycles. The summed E-state index contributed by atoms with van der Waals surface area (Å²) in [5, 5.41) is 26.2. The van der Waals surface area contributed by atoms with Crippen LogP contribution >= 0.6 is 15.9 Å². The molecule has 1 aromatic heterocycles. The van der Waals surface area contributed by atoms with Gasteiger partial charge in [0.1, 0.15) is 5.69 Å². The van der Waals surface area contributed by atoms with Crippen LogP contribution < -0.4 is 0 Å². The zero-order chi connectivity index (χ0) is 13.0. The summed E-state index contributed by atoms with van der Waals surface area (Å²) >= 11 is 3.48. The number of benzene rings is 1. The van der Waals surface area contributed by atoms with Crippen LogP contribution in [0, 0.1) is 0 Å². The highest BCUT2D eigenvalue weighted by molar-refractivity contribution is 9.10. The molecule has 0 unspecified atom stereocenters. The van der Waals surface area contributed by atoms with Crippen molar-refractivity contribution in [1.82, 2.24) is 15.0 Å². The van der Waals surface area contributed by atoms with Crippen LogP contribution in [0.2, 0.25) is 0 Å². The standard InChI is InChI=1S/C12H14BrN3O2/c13-10-5-2-1-4-9(10)12-11(8-18)14-15-16(12)6-3-7-17/h1-2,4-5,17-18H,3,6-8H2. The van der Waals surface area contributed by atoms with E-state index in [1.165, 1.54) is 0 Å². The Balaban J connectivity index is 2.47. The van der Waals surface area contributed by atoms with Gasteiger partial charge in [-0.2, -0.15) is 0 Å². The van der Waals surface area contributed by atoms with Crippen LogP contribution in [0.3, 0.4) is 0 Å². The number of aliphatic hydroxyl groups excluding tert-OH is 2. The van der Waals surface area contributed by atoms with Crippen molar-refractivity contribution in [2.24, 2.45) is 0 Å². The molecule has 0 aliphatic carbocycles. The van der Waals surface area contributed by atoms with E-state index in [0.29, 0.717) is 18.7 Å². The van der Waals surface area contributed by atoms with Crippen LogP contribution in [-0.2, 0) is 13.2 Å². The molecule has 0 amide bonds. The second kappa shape index (κ2) is 6.08. The summed E-state index contributed by atoms with van der Waals surface area (Å²) in [6.07, 6.45) is 0.603. The Kier molecular flexibility index (Phi) is 4.46. The van der Waals surface area contributed by atoms with Crippen molar-refractivity contribution in [3.05, 3.63) is 34.4 Å². The second-order valence-electron chi connectivity index (χ2n) is 3.82. The average Bonchev–Trinajstić information content (AvgIpc) is 2.79. The number of aromatic nitrogens is 3. The maximum Gasteiger partial charge on any atom is 0.116 e. The van der Waals surface area contributed by atoms with Crippen LogP contribution in [0.5, 0.6) is 0 Å². The summed E-state index contributed by atoms with van der Waals surface area (Å²) in [6, 6.07) is 7.72. The van der Waals surface area contributed by atoms with Crippen LogP contribution in [0.1, 0.15) is 12.1 Å². The minimum absolute atomic E-state index is 0.101. The van der Waals surface area contributed by atoms with Gasteiger partial charge in [0.05, 0.1) is 12.3 Å². The zero-order valence-corrected chi connectivity index (χ0v) is 11.3. The molecule has 0 radical (unpaired) electrons. The Hall–Kier alpha value is -1.24. The van der Waals surface area contributed by atoms with Crippen molar-refractivity contribution in [2.75, 3.05) is 6.61 Å². The molecule has 0 fully saturated rings. The molecule has 0 spiro atoms. The lowest BCUT2D eigenvalue weighted by Gasteiger charge is -2.08. The van der Waals surface area contributed by atoms with Gasteiger partial charge in [0.25, 0.3) is 0 Å². The van der Waals surface area contributed by atoms with Crippen molar-refractivity contribution in [3.63, 3.8) is 0 Å². The summed E-state index contributed by atoms with van der Waals surface area (Å²) in [5.74, 6) is 0. The number of hydrogen-bond acceptors (Lipinski definition) is 4.